The Morgan fingerprint density at radius 2 is 1.60 bits per heavy atom. The van der Waals surface area contributed by atoms with Crippen molar-refractivity contribution < 1.29 is 0 Å². The molecule has 0 amide bonds. The van der Waals surface area contributed by atoms with Crippen LogP contribution in [-0.4, -0.2) is 28.6 Å². The molecule has 0 fully saturated rings. The van der Waals surface area contributed by atoms with E-state index in [0.717, 1.165) is 36.2 Å². The zero-order valence-electron chi connectivity index (χ0n) is 16.6. The summed E-state index contributed by atoms with van der Waals surface area (Å²) in [7, 11) is 0. The van der Waals surface area contributed by atoms with Gasteiger partial charge in [-0.15, -0.1) is 0 Å². The summed E-state index contributed by atoms with van der Waals surface area (Å²) in [5, 5.41) is 6.84. The first kappa shape index (κ1) is 19.0. The van der Waals surface area contributed by atoms with E-state index >= 15 is 0 Å². The second-order valence-electron chi connectivity index (χ2n) is 7.36. The van der Waals surface area contributed by atoms with Gasteiger partial charge in [0.1, 0.15) is 17.5 Å². The highest BCUT2D eigenvalue weighted by molar-refractivity contribution is 5.66. The van der Waals surface area contributed by atoms with Crippen LogP contribution >= 0.6 is 0 Å². The first-order valence-electron chi connectivity index (χ1n) is 8.98. The summed E-state index contributed by atoms with van der Waals surface area (Å²) >= 11 is 0. The maximum absolute atomic E-state index is 4.52. The minimum Gasteiger partial charge on any atom is -0.372 e. The van der Waals surface area contributed by atoms with E-state index < -0.39 is 0 Å². The van der Waals surface area contributed by atoms with Gasteiger partial charge in [-0.2, -0.15) is 0 Å². The molecule has 1 aromatic heterocycles. The number of aromatic nitrogens is 2. The van der Waals surface area contributed by atoms with Gasteiger partial charge in [0.25, 0.3) is 0 Å². The lowest BCUT2D eigenvalue weighted by atomic mass is 10.1. The van der Waals surface area contributed by atoms with E-state index in [0.29, 0.717) is 0 Å². The zero-order valence-corrected chi connectivity index (χ0v) is 16.6. The lowest BCUT2D eigenvalue weighted by Gasteiger charge is -2.23. The van der Waals surface area contributed by atoms with Gasteiger partial charge in [-0.3, -0.25) is 0 Å². The fourth-order valence-electron chi connectivity index (χ4n) is 2.79. The maximum Gasteiger partial charge on any atom is 0.136 e. The first-order chi connectivity index (χ1) is 11.7. The molecule has 1 heterocycles. The molecule has 0 spiro atoms. The van der Waals surface area contributed by atoms with Crippen LogP contribution in [0.15, 0.2) is 24.3 Å². The Kier molecular flexibility index (Phi) is 5.88. The fourth-order valence-corrected chi connectivity index (χ4v) is 2.79. The quantitative estimate of drug-likeness (QED) is 0.783. The van der Waals surface area contributed by atoms with Crippen LogP contribution < -0.4 is 15.5 Å². The van der Waals surface area contributed by atoms with E-state index in [1.54, 1.807) is 0 Å². The van der Waals surface area contributed by atoms with Gasteiger partial charge < -0.3 is 15.5 Å². The molecule has 0 aliphatic carbocycles. The van der Waals surface area contributed by atoms with Crippen LogP contribution in [0.2, 0.25) is 0 Å². The van der Waals surface area contributed by atoms with Crippen molar-refractivity contribution in [3.63, 3.8) is 0 Å². The molecule has 5 nitrogen and oxygen atoms in total. The largest absolute Gasteiger partial charge is 0.372 e. The number of aryl methyl sites for hydroxylation is 2. The Balaban J connectivity index is 2.24. The van der Waals surface area contributed by atoms with Crippen LogP contribution in [0.5, 0.6) is 0 Å². The standard InChI is InChI=1S/C20H31N5/c1-8-25(9-2)16-10-11-17(14(3)12-16)23-18-13-19(22-15(4)21-18)24-20(5,6)7/h10-13H,8-9H2,1-7H3,(H2,21,22,23,24). The zero-order chi connectivity index (χ0) is 18.6. The average molecular weight is 342 g/mol. The third-order valence-corrected chi connectivity index (χ3v) is 3.94. The van der Waals surface area contributed by atoms with Crippen molar-refractivity contribution in [2.75, 3.05) is 28.6 Å². The number of nitrogens with zero attached hydrogens (tertiary/aromatic N) is 3. The van der Waals surface area contributed by atoms with Crippen molar-refractivity contribution >= 4 is 23.0 Å². The number of anilines is 4. The molecule has 0 radical (unpaired) electrons. The molecule has 0 saturated carbocycles. The van der Waals surface area contributed by atoms with Crippen LogP contribution in [0.3, 0.4) is 0 Å². The number of nitrogens with one attached hydrogen (secondary N) is 2. The van der Waals surface area contributed by atoms with E-state index in [1.165, 1.54) is 11.3 Å². The van der Waals surface area contributed by atoms with Gasteiger partial charge in [0, 0.05) is 36.1 Å². The Morgan fingerprint density at radius 3 is 2.16 bits per heavy atom. The van der Waals surface area contributed by atoms with Gasteiger partial charge in [0.2, 0.25) is 0 Å². The second-order valence-corrected chi connectivity index (χ2v) is 7.36. The highest BCUT2D eigenvalue weighted by Crippen LogP contribution is 2.26. The Morgan fingerprint density at radius 1 is 0.960 bits per heavy atom. The van der Waals surface area contributed by atoms with Crippen LogP contribution in [0.1, 0.15) is 46.0 Å². The van der Waals surface area contributed by atoms with E-state index in [9.17, 15) is 0 Å². The molecule has 2 N–H and O–H groups in total. The molecule has 25 heavy (non-hydrogen) atoms. The molecule has 5 heteroatoms. The van der Waals surface area contributed by atoms with Gasteiger partial charge >= 0.3 is 0 Å². The van der Waals surface area contributed by atoms with Gasteiger partial charge in [0.15, 0.2) is 0 Å². The van der Waals surface area contributed by atoms with Crippen molar-refractivity contribution in [2.45, 2.75) is 54.0 Å². The van der Waals surface area contributed by atoms with E-state index in [4.69, 9.17) is 0 Å². The Labute approximate surface area is 151 Å². The average Bonchev–Trinajstić information content (AvgIpc) is 2.49. The maximum atomic E-state index is 4.52. The molecule has 1 aromatic carbocycles. The number of rotatable bonds is 6. The normalized spacial score (nSPS) is 11.3. The summed E-state index contributed by atoms with van der Waals surface area (Å²) in [5.41, 5.74) is 3.48. The van der Waals surface area contributed by atoms with Gasteiger partial charge in [-0.1, -0.05) is 0 Å². The van der Waals surface area contributed by atoms with Crippen LogP contribution in [-0.2, 0) is 0 Å². The molecule has 0 bridgehead atoms. The van der Waals surface area contributed by atoms with Crippen molar-refractivity contribution in [3.05, 3.63) is 35.7 Å². The van der Waals surface area contributed by atoms with Crippen molar-refractivity contribution in [2.24, 2.45) is 0 Å². The molecular formula is C20H31N5. The van der Waals surface area contributed by atoms with Gasteiger partial charge in [-0.05, 0) is 72.2 Å². The molecule has 2 rings (SSSR count). The number of hydrogen-bond donors (Lipinski definition) is 2. The smallest absolute Gasteiger partial charge is 0.136 e. The SMILES string of the molecule is CCN(CC)c1ccc(Nc2cc(NC(C)(C)C)nc(C)n2)c(C)c1. The van der Waals surface area contributed by atoms with E-state index in [1.807, 2.05) is 13.0 Å². The summed E-state index contributed by atoms with van der Waals surface area (Å²) in [6.45, 7) is 16.8. The van der Waals surface area contributed by atoms with Crippen LogP contribution in [0.25, 0.3) is 0 Å². The van der Waals surface area contributed by atoms with E-state index in [-0.39, 0.29) is 5.54 Å². The summed E-state index contributed by atoms with van der Waals surface area (Å²) in [6.07, 6.45) is 0. The highest BCUT2D eigenvalue weighted by atomic mass is 15.1. The summed E-state index contributed by atoms with van der Waals surface area (Å²) in [4.78, 5) is 11.3. The predicted octanol–water partition coefficient (Wildman–Crippen LogP) is 4.89. The van der Waals surface area contributed by atoms with Crippen molar-refractivity contribution in [3.8, 4) is 0 Å². The van der Waals surface area contributed by atoms with Crippen LogP contribution in [0, 0.1) is 13.8 Å². The molecular weight excluding hydrogens is 310 g/mol. The lowest BCUT2D eigenvalue weighted by Crippen LogP contribution is -2.27. The minimum atomic E-state index is -0.0423. The molecule has 0 atom stereocenters. The third-order valence-electron chi connectivity index (χ3n) is 3.94. The first-order valence-corrected chi connectivity index (χ1v) is 8.98. The molecule has 136 valence electrons. The fraction of sp³-hybridized carbons (Fsp3) is 0.500. The minimum absolute atomic E-state index is 0.0423. The topological polar surface area (TPSA) is 53.1 Å². The second kappa shape index (κ2) is 7.72. The molecule has 0 aliphatic heterocycles. The van der Waals surface area contributed by atoms with Gasteiger partial charge in [0.05, 0.1) is 0 Å². The highest BCUT2D eigenvalue weighted by Gasteiger charge is 2.12. The Hall–Kier alpha value is -2.30. The summed E-state index contributed by atoms with van der Waals surface area (Å²) in [6, 6.07) is 8.45. The van der Waals surface area contributed by atoms with E-state index in [2.05, 4.69) is 85.2 Å². The summed E-state index contributed by atoms with van der Waals surface area (Å²) < 4.78 is 0. The Bertz CT molecular complexity index is 715. The molecule has 0 saturated heterocycles. The molecule has 0 unspecified atom stereocenters. The van der Waals surface area contributed by atoms with Crippen molar-refractivity contribution in [1.82, 2.24) is 9.97 Å². The van der Waals surface area contributed by atoms with Crippen molar-refractivity contribution in [1.29, 1.82) is 0 Å². The molecule has 0 aliphatic rings. The monoisotopic (exact) mass is 341 g/mol. The van der Waals surface area contributed by atoms with Gasteiger partial charge in [-0.25, -0.2) is 9.97 Å². The number of hydrogen-bond acceptors (Lipinski definition) is 5. The number of benzene rings is 1. The lowest BCUT2D eigenvalue weighted by molar-refractivity contribution is 0.629. The summed E-state index contributed by atoms with van der Waals surface area (Å²) in [5.74, 6) is 2.38. The predicted molar refractivity (Wildman–Crippen MR) is 108 cm³/mol. The molecule has 2 aromatic rings. The van der Waals surface area contributed by atoms with Crippen LogP contribution in [0.4, 0.5) is 23.0 Å². The third kappa shape index (κ3) is 5.34.